The maximum absolute atomic E-state index is 4.76. The van der Waals surface area contributed by atoms with Gasteiger partial charge in [0.05, 0.1) is 6.61 Å². The van der Waals surface area contributed by atoms with E-state index in [9.17, 15) is 0 Å². The zero-order valence-electron chi connectivity index (χ0n) is 4.27. The van der Waals surface area contributed by atoms with Gasteiger partial charge in [-0.25, -0.2) is 0 Å². The molecule has 0 aliphatic carbocycles. The van der Waals surface area contributed by atoms with Crippen LogP contribution >= 0.6 is 0 Å². The second kappa shape index (κ2) is 3.12. The number of hydroxylamine groups is 2. The van der Waals surface area contributed by atoms with Crippen LogP contribution in [0.5, 0.6) is 0 Å². The van der Waals surface area contributed by atoms with Gasteiger partial charge in [-0.05, 0) is 6.92 Å². The van der Waals surface area contributed by atoms with Crippen LogP contribution in [-0.4, -0.2) is 25.8 Å². The molecule has 0 atom stereocenters. The first-order valence-corrected chi connectivity index (χ1v) is 1.87. The van der Waals surface area contributed by atoms with E-state index in [1.54, 1.807) is 5.06 Å². The van der Waals surface area contributed by atoms with Gasteiger partial charge in [0.1, 0.15) is 0 Å². The van der Waals surface area contributed by atoms with Crippen LogP contribution in [0.25, 0.3) is 0 Å². The quantitative estimate of drug-likeness (QED) is 0.450. The molecule has 0 aromatic carbocycles. The Morgan fingerprint density at radius 1 is 1.67 bits per heavy atom. The van der Waals surface area contributed by atoms with E-state index in [4.69, 9.17) is 4.84 Å². The molecule has 0 aromatic heterocycles. The van der Waals surface area contributed by atoms with Crippen molar-refractivity contribution in [2.24, 2.45) is 0 Å². The monoisotopic (exact) mass is 88.1 g/mol. The summed E-state index contributed by atoms with van der Waals surface area (Å²) in [6.45, 7) is 3.97. The van der Waals surface area contributed by atoms with E-state index in [1.165, 1.54) is 0 Å². The molecule has 0 saturated carbocycles. The van der Waals surface area contributed by atoms with E-state index in [2.05, 4.69) is 6.92 Å². The van der Waals surface area contributed by atoms with Gasteiger partial charge >= 0.3 is 0 Å². The van der Waals surface area contributed by atoms with Gasteiger partial charge in [0.15, 0.2) is 0 Å². The van der Waals surface area contributed by atoms with E-state index in [0.717, 1.165) is 0 Å². The molecule has 0 spiro atoms. The SMILES string of the molecule is [CH2]CON(C)C. The Morgan fingerprint density at radius 3 is 2.17 bits per heavy atom. The Bertz CT molecular complexity index is 28.7. The summed E-state index contributed by atoms with van der Waals surface area (Å²) in [5.74, 6) is 0. The van der Waals surface area contributed by atoms with Gasteiger partial charge in [-0.2, -0.15) is 5.06 Å². The minimum atomic E-state index is 0.507. The molecule has 0 aliphatic rings. The molecule has 0 saturated heterocycles. The van der Waals surface area contributed by atoms with E-state index >= 15 is 0 Å². The van der Waals surface area contributed by atoms with E-state index in [1.807, 2.05) is 14.1 Å². The van der Waals surface area contributed by atoms with E-state index in [0.29, 0.717) is 6.61 Å². The van der Waals surface area contributed by atoms with Crippen molar-refractivity contribution in [2.75, 3.05) is 20.7 Å². The second-order valence-electron chi connectivity index (χ2n) is 1.15. The molecule has 2 heteroatoms. The van der Waals surface area contributed by atoms with Crippen molar-refractivity contribution in [3.05, 3.63) is 6.92 Å². The van der Waals surface area contributed by atoms with Gasteiger partial charge in [0.25, 0.3) is 0 Å². The highest BCUT2D eigenvalue weighted by Crippen LogP contribution is 1.71. The summed E-state index contributed by atoms with van der Waals surface area (Å²) in [5.41, 5.74) is 0. The fourth-order valence-corrected chi connectivity index (χ4v) is 0.183. The lowest BCUT2D eigenvalue weighted by molar-refractivity contribution is -0.106. The zero-order valence-corrected chi connectivity index (χ0v) is 4.27. The molecular weight excluding hydrogens is 78.0 g/mol. The lowest BCUT2D eigenvalue weighted by Gasteiger charge is -2.05. The predicted octanol–water partition coefficient (Wildman–Crippen LogP) is 0.314. The van der Waals surface area contributed by atoms with Crippen molar-refractivity contribution >= 4 is 0 Å². The van der Waals surface area contributed by atoms with Gasteiger partial charge < -0.3 is 0 Å². The molecule has 0 N–H and O–H groups in total. The molecule has 1 radical (unpaired) electrons. The third-order valence-electron chi connectivity index (χ3n) is 0.349. The predicted molar refractivity (Wildman–Crippen MR) is 25.0 cm³/mol. The first kappa shape index (κ1) is 5.92. The van der Waals surface area contributed by atoms with Gasteiger partial charge in [0.2, 0.25) is 0 Å². The van der Waals surface area contributed by atoms with Crippen molar-refractivity contribution in [2.45, 2.75) is 0 Å². The molecule has 0 unspecified atom stereocenters. The highest BCUT2D eigenvalue weighted by atomic mass is 16.7. The maximum Gasteiger partial charge on any atom is 0.0685 e. The molecule has 0 bridgehead atoms. The van der Waals surface area contributed by atoms with Crippen LogP contribution in [0.3, 0.4) is 0 Å². The van der Waals surface area contributed by atoms with Gasteiger partial charge in [0, 0.05) is 14.1 Å². The molecule has 0 aromatic rings. The zero-order chi connectivity index (χ0) is 4.99. The van der Waals surface area contributed by atoms with Crippen molar-refractivity contribution in [3.63, 3.8) is 0 Å². The molecule has 0 fully saturated rings. The highest BCUT2D eigenvalue weighted by molar-refractivity contribution is 4.23. The Labute approximate surface area is 38.7 Å². The Hall–Kier alpha value is -0.0800. The average Bonchev–Trinajstić information content (AvgIpc) is 1.35. The summed E-state index contributed by atoms with van der Waals surface area (Å²) >= 11 is 0. The fraction of sp³-hybridized carbons (Fsp3) is 0.750. The van der Waals surface area contributed by atoms with Crippen molar-refractivity contribution in [1.29, 1.82) is 0 Å². The topological polar surface area (TPSA) is 12.5 Å². The Morgan fingerprint density at radius 2 is 2.17 bits per heavy atom. The minimum Gasteiger partial charge on any atom is -0.300 e. The van der Waals surface area contributed by atoms with Crippen LogP contribution in [0.2, 0.25) is 0 Å². The molecule has 0 heterocycles. The summed E-state index contributed by atoms with van der Waals surface area (Å²) in [7, 11) is 3.65. The van der Waals surface area contributed by atoms with Crippen LogP contribution in [0, 0.1) is 6.92 Å². The first-order valence-electron chi connectivity index (χ1n) is 1.87. The summed E-state index contributed by atoms with van der Waals surface area (Å²) in [6.07, 6.45) is 0. The molecule has 0 aliphatic heterocycles. The normalized spacial score (nSPS) is 10.0. The highest BCUT2D eigenvalue weighted by Gasteiger charge is 1.78. The van der Waals surface area contributed by atoms with E-state index < -0.39 is 0 Å². The fourth-order valence-electron chi connectivity index (χ4n) is 0.183. The number of nitrogens with zero attached hydrogens (tertiary/aromatic N) is 1. The third kappa shape index (κ3) is 3.92. The second-order valence-corrected chi connectivity index (χ2v) is 1.15. The minimum absolute atomic E-state index is 0.507. The lowest BCUT2D eigenvalue weighted by atomic mass is 10.9. The van der Waals surface area contributed by atoms with Crippen molar-refractivity contribution in [1.82, 2.24) is 5.06 Å². The summed E-state index contributed by atoms with van der Waals surface area (Å²) in [4.78, 5) is 4.76. The van der Waals surface area contributed by atoms with E-state index in [-0.39, 0.29) is 0 Å². The van der Waals surface area contributed by atoms with Crippen molar-refractivity contribution in [3.8, 4) is 0 Å². The average molecular weight is 88.1 g/mol. The Balaban J connectivity index is 2.63. The lowest BCUT2D eigenvalue weighted by Crippen LogP contribution is -2.11. The van der Waals surface area contributed by atoms with Crippen LogP contribution in [0.15, 0.2) is 0 Å². The van der Waals surface area contributed by atoms with Crippen LogP contribution in [-0.2, 0) is 4.84 Å². The van der Waals surface area contributed by atoms with Crippen molar-refractivity contribution < 1.29 is 4.84 Å². The largest absolute Gasteiger partial charge is 0.300 e. The molecule has 37 valence electrons. The summed E-state index contributed by atoms with van der Waals surface area (Å²) < 4.78 is 0. The number of rotatable bonds is 2. The smallest absolute Gasteiger partial charge is 0.0685 e. The summed E-state index contributed by atoms with van der Waals surface area (Å²) in [6, 6.07) is 0. The number of hydrogen-bond acceptors (Lipinski definition) is 2. The Kier molecular flexibility index (Phi) is 3.08. The standard InChI is InChI=1S/C4H10NO/c1-4-6-5(2)3/h1,4H2,2-3H3. The molecule has 6 heavy (non-hydrogen) atoms. The van der Waals surface area contributed by atoms with Gasteiger partial charge in [-0.3, -0.25) is 4.84 Å². The van der Waals surface area contributed by atoms with Crippen LogP contribution in [0.1, 0.15) is 0 Å². The molecule has 0 rings (SSSR count). The van der Waals surface area contributed by atoms with Crippen LogP contribution < -0.4 is 0 Å². The van der Waals surface area contributed by atoms with Crippen LogP contribution in [0.4, 0.5) is 0 Å². The molecule has 2 nitrogen and oxygen atoms in total. The maximum atomic E-state index is 4.76. The van der Waals surface area contributed by atoms with Gasteiger partial charge in [-0.15, -0.1) is 0 Å². The molecular formula is C4H10NO. The van der Waals surface area contributed by atoms with Gasteiger partial charge in [-0.1, -0.05) is 0 Å². The molecule has 0 amide bonds. The first-order chi connectivity index (χ1) is 2.77. The summed E-state index contributed by atoms with van der Waals surface area (Å²) in [5, 5.41) is 1.62. The third-order valence-corrected chi connectivity index (χ3v) is 0.349. The number of hydrogen-bond donors (Lipinski definition) is 0.